The van der Waals surface area contributed by atoms with Crippen LogP contribution in [-0.4, -0.2) is 15.3 Å². The van der Waals surface area contributed by atoms with Gasteiger partial charge < -0.3 is 5.32 Å². The van der Waals surface area contributed by atoms with Crippen LogP contribution in [0.5, 0.6) is 0 Å². The monoisotopic (exact) mass is 361 g/mol. The van der Waals surface area contributed by atoms with Crippen LogP contribution < -0.4 is 5.32 Å². The summed E-state index contributed by atoms with van der Waals surface area (Å²) >= 11 is 1.57. The topological polar surface area (TPSA) is 46.4 Å². The Morgan fingerprint density at radius 1 is 1.12 bits per heavy atom. The average Bonchev–Trinajstić information content (AvgIpc) is 3.24. The molecule has 1 N–H and O–H groups in total. The number of thiazole rings is 1. The van der Waals surface area contributed by atoms with Crippen LogP contribution in [0.2, 0.25) is 0 Å². The molecule has 0 saturated heterocycles. The van der Waals surface area contributed by atoms with Crippen molar-refractivity contribution in [1.82, 2.24) is 14.7 Å². The molecule has 2 aromatic heterocycles. The fourth-order valence-electron chi connectivity index (χ4n) is 3.00. The standard InChI is InChI=1S/C21H19N3OS/c1-15(16-7-9-18(10-8-16)17-5-3-2-4-6-17)22-20(25)13-19-14-24-11-12-26-21(24)23-19/h2-12,14-15H,13H2,1H3,(H,22,25)/t15-/m0/s1. The van der Waals surface area contributed by atoms with Gasteiger partial charge in [0.15, 0.2) is 4.96 Å². The molecular weight excluding hydrogens is 342 g/mol. The van der Waals surface area contributed by atoms with Gasteiger partial charge in [-0.15, -0.1) is 11.3 Å². The number of fused-ring (bicyclic) bond motifs is 1. The van der Waals surface area contributed by atoms with E-state index < -0.39 is 0 Å². The lowest BCUT2D eigenvalue weighted by Crippen LogP contribution is -2.28. The Kier molecular flexibility index (Phi) is 4.54. The summed E-state index contributed by atoms with van der Waals surface area (Å²) in [5.74, 6) is -0.0182. The minimum Gasteiger partial charge on any atom is -0.349 e. The molecule has 0 bridgehead atoms. The maximum atomic E-state index is 12.3. The molecule has 0 fully saturated rings. The number of rotatable bonds is 5. The minimum atomic E-state index is -0.0453. The maximum absolute atomic E-state index is 12.3. The highest BCUT2D eigenvalue weighted by molar-refractivity contribution is 7.15. The highest BCUT2D eigenvalue weighted by Gasteiger charge is 2.12. The lowest BCUT2D eigenvalue weighted by Gasteiger charge is -2.14. The first-order valence-electron chi connectivity index (χ1n) is 8.55. The summed E-state index contributed by atoms with van der Waals surface area (Å²) in [6.45, 7) is 2.00. The van der Waals surface area contributed by atoms with Gasteiger partial charge in [-0.25, -0.2) is 4.98 Å². The Morgan fingerprint density at radius 3 is 2.58 bits per heavy atom. The van der Waals surface area contributed by atoms with Crippen LogP contribution in [0.4, 0.5) is 0 Å². The normalized spacial score (nSPS) is 12.2. The van der Waals surface area contributed by atoms with Crippen LogP contribution in [0, 0.1) is 0 Å². The summed E-state index contributed by atoms with van der Waals surface area (Å²) < 4.78 is 1.94. The van der Waals surface area contributed by atoms with Crippen molar-refractivity contribution < 1.29 is 4.79 Å². The number of nitrogens with one attached hydrogen (secondary N) is 1. The Bertz CT molecular complexity index is 990. The zero-order chi connectivity index (χ0) is 17.9. The molecular formula is C21H19N3OS. The van der Waals surface area contributed by atoms with Gasteiger partial charge in [0.1, 0.15) is 0 Å². The molecule has 4 aromatic rings. The molecule has 130 valence electrons. The van der Waals surface area contributed by atoms with E-state index in [2.05, 4.69) is 46.7 Å². The van der Waals surface area contributed by atoms with Crippen LogP contribution in [0.25, 0.3) is 16.1 Å². The lowest BCUT2D eigenvalue weighted by atomic mass is 10.0. The van der Waals surface area contributed by atoms with Gasteiger partial charge in [0.25, 0.3) is 0 Å². The van der Waals surface area contributed by atoms with E-state index in [1.54, 1.807) is 11.3 Å². The third-order valence-corrected chi connectivity index (χ3v) is 5.15. The van der Waals surface area contributed by atoms with Crippen molar-refractivity contribution in [3.05, 3.63) is 83.6 Å². The molecule has 1 amide bonds. The van der Waals surface area contributed by atoms with Crippen LogP contribution >= 0.6 is 11.3 Å². The quantitative estimate of drug-likeness (QED) is 0.569. The fraction of sp³-hybridized carbons (Fsp3) is 0.143. The summed E-state index contributed by atoms with van der Waals surface area (Å²) in [5.41, 5.74) is 4.24. The molecule has 0 aliphatic carbocycles. The summed E-state index contributed by atoms with van der Waals surface area (Å²) in [6, 6.07) is 18.5. The predicted molar refractivity (Wildman–Crippen MR) is 105 cm³/mol. The van der Waals surface area contributed by atoms with Crippen LogP contribution in [-0.2, 0) is 11.2 Å². The van der Waals surface area contributed by atoms with Gasteiger partial charge >= 0.3 is 0 Å². The van der Waals surface area contributed by atoms with Crippen molar-refractivity contribution in [2.24, 2.45) is 0 Å². The second-order valence-electron chi connectivity index (χ2n) is 6.28. The number of carbonyl (C=O) groups excluding carboxylic acids is 1. The first-order valence-corrected chi connectivity index (χ1v) is 9.43. The minimum absolute atomic E-state index is 0.0182. The SMILES string of the molecule is C[C@H](NC(=O)Cc1cn2ccsc2n1)c1ccc(-c2ccccc2)cc1. The van der Waals surface area contributed by atoms with Crippen molar-refractivity contribution in [1.29, 1.82) is 0 Å². The first kappa shape index (κ1) is 16.5. The molecule has 4 nitrogen and oxygen atoms in total. The Balaban J connectivity index is 1.40. The van der Waals surface area contributed by atoms with E-state index in [0.717, 1.165) is 16.2 Å². The highest BCUT2D eigenvalue weighted by Crippen LogP contribution is 2.22. The number of hydrogen-bond donors (Lipinski definition) is 1. The smallest absolute Gasteiger partial charge is 0.226 e. The van der Waals surface area contributed by atoms with Crippen molar-refractivity contribution in [2.45, 2.75) is 19.4 Å². The lowest BCUT2D eigenvalue weighted by molar-refractivity contribution is -0.121. The van der Waals surface area contributed by atoms with Crippen LogP contribution in [0.3, 0.4) is 0 Å². The number of aromatic nitrogens is 2. The molecule has 2 aromatic carbocycles. The van der Waals surface area contributed by atoms with Gasteiger partial charge in [-0.3, -0.25) is 9.20 Å². The summed E-state index contributed by atoms with van der Waals surface area (Å²) in [6.07, 6.45) is 4.15. The Hall–Kier alpha value is -2.92. The molecule has 26 heavy (non-hydrogen) atoms. The van der Waals surface area contributed by atoms with Gasteiger partial charge in [-0.2, -0.15) is 0 Å². The maximum Gasteiger partial charge on any atom is 0.226 e. The molecule has 0 radical (unpaired) electrons. The number of benzene rings is 2. The molecule has 0 aliphatic heterocycles. The van der Waals surface area contributed by atoms with E-state index in [0.29, 0.717) is 6.42 Å². The van der Waals surface area contributed by atoms with Crippen LogP contribution in [0.15, 0.2) is 72.4 Å². The Morgan fingerprint density at radius 2 is 1.85 bits per heavy atom. The number of carbonyl (C=O) groups is 1. The van der Waals surface area contributed by atoms with Gasteiger partial charge in [0, 0.05) is 17.8 Å². The van der Waals surface area contributed by atoms with Crippen molar-refractivity contribution in [3.63, 3.8) is 0 Å². The van der Waals surface area contributed by atoms with E-state index >= 15 is 0 Å². The number of amides is 1. The van der Waals surface area contributed by atoms with Crippen molar-refractivity contribution in [2.75, 3.05) is 0 Å². The van der Waals surface area contributed by atoms with Crippen molar-refractivity contribution >= 4 is 22.2 Å². The van der Waals surface area contributed by atoms with E-state index in [1.165, 1.54) is 11.1 Å². The molecule has 5 heteroatoms. The number of nitrogens with zero attached hydrogens (tertiary/aromatic N) is 2. The number of hydrogen-bond acceptors (Lipinski definition) is 3. The van der Waals surface area contributed by atoms with Gasteiger partial charge in [-0.1, -0.05) is 54.6 Å². The average molecular weight is 361 g/mol. The Labute approximate surface area is 156 Å². The first-order chi connectivity index (χ1) is 12.7. The van der Waals surface area contributed by atoms with Gasteiger partial charge in [0.2, 0.25) is 5.91 Å². The van der Waals surface area contributed by atoms with E-state index in [9.17, 15) is 4.79 Å². The predicted octanol–water partition coefficient (Wildman–Crippen LogP) is 4.48. The molecule has 1 atom stereocenters. The molecule has 0 saturated carbocycles. The highest BCUT2D eigenvalue weighted by atomic mass is 32.1. The largest absolute Gasteiger partial charge is 0.349 e. The summed E-state index contributed by atoms with van der Waals surface area (Å²) in [5, 5.41) is 5.04. The van der Waals surface area contributed by atoms with E-state index in [-0.39, 0.29) is 11.9 Å². The third-order valence-electron chi connectivity index (χ3n) is 4.38. The summed E-state index contributed by atoms with van der Waals surface area (Å²) in [4.78, 5) is 17.7. The van der Waals surface area contributed by atoms with Crippen molar-refractivity contribution in [3.8, 4) is 11.1 Å². The number of imidazole rings is 1. The molecule has 4 rings (SSSR count). The van der Waals surface area contributed by atoms with E-state index in [4.69, 9.17) is 0 Å². The van der Waals surface area contributed by atoms with Gasteiger partial charge in [0.05, 0.1) is 18.2 Å². The molecule has 2 heterocycles. The van der Waals surface area contributed by atoms with Crippen LogP contribution in [0.1, 0.15) is 24.2 Å². The fourth-order valence-corrected chi connectivity index (χ4v) is 3.72. The molecule has 0 aliphatic rings. The summed E-state index contributed by atoms with van der Waals surface area (Å²) in [7, 11) is 0. The zero-order valence-electron chi connectivity index (χ0n) is 14.4. The second-order valence-corrected chi connectivity index (χ2v) is 7.15. The van der Waals surface area contributed by atoms with E-state index in [1.807, 2.05) is 47.3 Å². The second kappa shape index (κ2) is 7.14. The third kappa shape index (κ3) is 3.53. The van der Waals surface area contributed by atoms with Gasteiger partial charge in [-0.05, 0) is 23.6 Å². The molecule has 0 unspecified atom stereocenters. The molecule has 0 spiro atoms. The zero-order valence-corrected chi connectivity index (χ0v) is 15.2.